The van der Waals surface area contributed by atoms with Gasteiger partial charge in [-0.25, -0.2) is 4.79 Å². The molecule has 0 aliphatic heterocycles. The summed E-state index contributed by atoms with van der Waals surface area (Å²) in [6.07, 6.45) is -3.07. The molecule has 0 bridgehead atoms. The Morgan fingerprint density at radius 1 is 0.947 bits per heavy atom. The number of aromatic nitrogens is 2. The average Bonchev–Trinajstić information content (AvgIpc) is 3.34. The molecule has 12 heteroatoms. The highest BCUT2D eigenvalue weighted by Gasteiger charge is 2.31. The van der Waals surface area contributed by atoms with E-state index < -0.39 is 18.1 Å². The Balaban J connectivity index is 1.40. The van der Waals surface area contributed by atoms with E-state index in [4.69, 9.17) is 9.47 Å². The number of methoxy groups -OCH3 is 1. The minimum absolute atomic E-state index is 0.150. The van der Waals surface area contributed by atoms with Crippen molar-refractivity contribution in [1.82, 2.24) is 10.2 Å². The van der Waals surface area contributed by atoms with Gasteiger partial charge in [0.15, 0.2) is 0 Å². The topological polar surface area (TPSA) is 110 Å². The van der Waals surface area contributed by atoms with Gasteiger partial charge in [0.05, 0.1) is 31.5 Å². The van der Waals surface area contributed by atoms with E-state index in [1.807, 2.05) is 24.3 Å². The summed E-state index contributed by atoms with van der Waals surface area (Å²) in [4.78, 5) is 12.4. The van der Waals surface area contributed by atoms with Crippen molar-refractivity contribution in [3.8, 4) is 16.9 Å². The molecule has 0 aliphatic carbocycles. The van der Waals surface area contributed by atoms with Crippen molar-refractivity contribution in [2.75, 3.05) is 49.4 Å². The van der Waals surface area contributed by atoms with Crippen molar-refractivity contribution in [1.29, 1.82) is 0 Å². The molecule has 4 N–H and O–H groups in total. The van der Waals surface area contributed by atoms with E-state index >= 15 is 0 Å². The number of rotatable bonds is 11. The van der Waals surface area contributed by atoms with Crippen molar-refractivity contribution in [2.45, 2.75) is 6.36 Å². The van der Waals surface area contributed by atoms with Crippen LogP contribution in [0.5, 0.6) is 5.75 Å². The van der Waals surface area contributed by atoms with Gasteiger partial charge in [0.25, 0.3) is 0 Å². The summed E-state index contributed by atoms with van der Waals surface area (Å²) < 4.78 is 51.6. The third-order valence-electron chi connectivity index (χ3n) is 5.35. The number of fused-ring (bicyclic) bond motifs is 1. The minimum atomic E-state index is -4.82. The lowest BCUT2D eigenvalue weighted by molar-refractivity contribution is -0.274. The molecular weight excluding hydrogens is 503 g/mol. The van der Waals surface area contributed by atoms with Crippen molar-refractivity contribution in [3.63, 3.8) is 0 Å². The lowest BCUT2D eigenvalue weighted by Gasteiger charge is -2.12. The second kappa shape index (κ2) is 12.3. The lowest BCUT2D eigenvalue weighted by Crippen LogP contribution is -2.20. The maximum atomic E-state index is 12.4. The number of halogens is 3. The SMILES string of the molecule is COCCOCCNc1cc(-c2ccc(NC(=O)Nc3cccc(OC(F)(F)F)c3)cc2)c2cn[nH]c2c1. The Bertz CT molecular complexity index is 1360. The smallest absolute Gasteiger partial charge is 0.406 e. The fourth-order valence-electron chi connectivity index (χ4n) is 3.70. The number of anilines is 3. The van der Waals surface area contributed by atoms with Gasteiger partial charge in [0, 0.05) is 42.2 Å². The highest BCUT2D eigenvalue weighted by molar-refractivity contribution is 6.01. The van der Waals surface area contributed by atoms with E-state index in [9.17, 15) is 18.0 Å². The Kier molecular flexibility index (Phi) is 8.66. The maximum absolute atomic E-state index is 12.4. The van der Waals surface area contributed by atoms with Crippen molar-refractivity contribution in [3.05, 3.63) is 66.9 Å². The van der Waals surface area contributed by atoms with E-state index in [-0.39, 0.29) is 5.69 Å². The van der Waals surface area contributed by atoms with Crippen LogP contribution in [0, 0.1) is 0 Å². The number of hydrogen-bond acceptors (Lipinski definition) is 6. The van der Waals surface area contributed by atoms with Gasteiger partial charge in [0.1, 0.15) is 5.75 Å². The number of urea groups is 1. The number of carbonyl (C=O) groups is 1. The number of H-pyrrole nitrogens is 1. The van der Waals surface area contributed by atoms with E-state index in [2.05, 4.69) is 30.9 Å². The van der Waals surface area contributed by atoms with Crippen LogP contribution in [0.4, 0.5) is 35.0 Å². The second-order valence-electron chi connectivity index (χ2n) is 8.12. The van der Waals surface area contributed by atoms with Crippen LogP contribution in [-0.4, -0.2) is 56.1 Å². The summed E-state index contributed by atoms with van der Waals surface area (Å²) in [6, 6.07) is 15.6. The predicted octanol–water partition coefficient (Wildman–Crippen LogP) is 5.85. The number of alkyl halides is 3. The van der Waals surface area contributed by atoms with E-state index in [1.54, 1.807) is 25.4 Å². The quantitative estimate of drug-likeness (QED) is 0.182. The molecule has 38 heavy (non-hydrogen) atoms. The minimum Gasteiger partial charge on any atom is -0.406 e. The van der Waals surface area contributed by atoms with Gasteiger partial charge < -0.3 is 30.2 Å². The highest BCUT2D eigenvalue weighted by Crippen LogP contribution is 2.32. The molecule has 0 radical (unpaired) electrons. The molecule has 0 saturated heterocycles. The summed E-state index contributed by atoms with van der Waals surface area (Å²) in [5, 5.41) is 16.6. The van der Waals surface area contributed by atoms with Crippen LogP contribution in [0.2, 0.25) is 0 Å². The van der Waals surface area contributed by atoms with Crippen LogP contribution in [0.15, 0.2) is 66.9 Å². The van der Waals surface area contributed by atoms with Crippen LogP contribution < -0.4 is 20.7 Å². The van der Waals surface area contributed by atoms with Gasteiger partial charge in [-0.1, -0.05) is 18.2 Å². The number of ether oxygens (including phenoxy) is 3. The summed E-state index contributed by atoms with van der Waals surface area (Å²) in [7, 11) is 1.63. The molecule has 1 aromatic heterocycles. The third-order valence-corrected chi connectivity index (χ3v) is 5.35. The maximum Gasteiger partial charge on any atom is 0.573 e. The molecular formula is C26H26F3N5O4. The lowest BCUT2D eigenvalue weighted by atomic mass is 10.0. The van der Waals surface area contributed by atoms with Gasteiger partial charge in [-0.3, -0.25) is 5.10 Å². The van der Waals surface area contributed by atoms with E-state index in [1.165, 1.54) is 12.1 Å². The predicted molar refractivity (Wildman–Crippen MR) is 138 cm³/mol. The molecule has 4 aromatic rings. The Hall–Kier alpha value is -4.29. The van der Waals surface area contributed by atoms with Crippen LogP contribution in [-0.2, 0) is 9.47 Å². The second-order valence-corrected chi connectivity index (χ2v) is 8.12. The van der Waals surface area contributed by atoms with Crippen molar-refractivity contribution in [2.24, 2.45) is 0 Å². The number of carbonyl (C=O) groups excluding carboxylic acids is 1. The van der Waals surface area contributed by atoms with Gasteiger partial charge in [-0.2, -0.15) is 5.10 Å². The Morgan fingerprint density at radius 2 is 1.74 bits per heavy atom. The van der Waals surface area contributed by atoms with Crippen LogP contribution >= 0.6 is 0 Å². The largest absolute Gasteiger partial charge is 0.573 e. The van der Waals surface area contributed by atoms with Crippen LogP contribution in [0.25, 0.3) is 22.0 Å². The summed E-state index contributed by atoms with van der Waals surface area (Å²) in [6.45, 7) is 2.22. The zero-order valence-electron chi connectivity index (χ0n) is 20.4. The number of aromatic amines is 1. The van der Waals surface area contributed by atoms with E-state index in [0.717, 1.165) is 39.8 Å². The third kappa shape index (κ3) is 7.60. The molecule has 4 rings (SSSR count). The van der Waals surface area contributed by atoms with Gasteiger partial charge in [0.2, 0.25) is 0 Å². The molecule has 2 amide bonds. The zero-order valence-corrected chi connectivity index (χ0v) is 20.4. The molecule has 0 atom stereocenters. The number of benzene rings is 3. The number of amides is 2. The molecule has 0 unspecified atom stereocenters. The number of nitrogens with one attached hydrogen (secondary N) is 4. The first-order valence-corrected chi connectivity index (χ1v) is 11.6. The Labute approximate surface area is 216 Å². The van der Waals surface area contributed by atoms with Crippen molar-refractivity contribution >= 4 is 34.0 Å². The molecule has 0 spiro atoms. The molecule has 0 saturated carbocycles. The molecule has 0 aliphatic rings. The first-order chi connectivity index (χ1) is 18.3. The van der Waals surface area contributed by atoms with Gasteiger partial charge >= 0.3 is 12.4 Å². The standard InChI is InChI=1S/C26H26F3N5O4/c1-36-11-12-37-10-9-30-20-14-22(23-16-31-34-24(23)15-20)17-5-7-18(8-6-17)32-25(35)33-19-3-2-4-21(13-19)38-26(27,28)29/h2-8,13-16,30H,9-12H2,1H3,(H,31,34)(H2,32,33,35). The first kappa shape index (κ1) is 26.8. The number of hydrogen-bond donors (Lipinski definition) is 4. The van der Waals surface area contributed by atoms with Crippen LogP contribution in [0.3, 0.4) is 0 Å². The number of nitrogens with zero attached hydrogens (tertiary/aromatic N) is 1. The average molecular weight is 530 g/mol. The fraction of sp³-hybridized carbons (Fsp3) is 0.231. The monoisotopic (exact) mass is 529 g/mol. The molecule has 3 aromatic carbocycles. The summed E-state index contributed by atoms with van der Waals surface area (Å²) >= 11 is 0. The van der Waals surface area contributed by atoms with Gasteiger partial charge in [-0.05, 0) is 47.5 Å². The Morgan fingerprint density at radius 3 is 2.50 bits per heavy atom. The summed E-state index contributed by atoms with van der Waals surface area (Å²) in [5.41, 5.74) is 4.25. The normalized spacial score (nSPS) is 11.4. The molecule has 1 heterocycles. The fourth-order valence-corrected chi connectivity index (χ4v) is 3.70. The highest BCUT2D eigenvalue weighted by atomic mass is 19.4. The van der Waals surface area contributed by atoms with Crippen molar-refractivity contribution < 1.29 is 32.2 Å². The van der Waals surface area contributed by atoms with E-state index in [0.29, 0.717) is 32.1 Å². The summed E-state index contributed by atoms with van der Waals surface area (Å²) in [5.74, 6) is -0.430. The molecule has 0 fully saturated rings. The van der Waals surface area contributed by atoms with Gasteiger partial charge in [-0.15, -0.1) is 13.2 Å². The molecule has 9 nitrogen and oxygen atoms in total. The first-order valence-electron chi connectivity index (χ1n) is 11.6. The molecule has 200 valence electrons. The van der Waals surface area contributed by atoms with Crippen LogP contribution in [0.1, 0.15) is 0 Å². The zero-order chi connectivity index (χ0) is 27.0.